The highest BCUT2D eigenvalue weighted by Crippen LogP contribution is 2.27. The van der Waals surface area contributed by atoms with Crippen LogP contribution in [-0.2, 0) is 23.2 Å². The largest absolute Gasteiger partial charge is 0.338 e. The number of aliphatic imine (C=N–C) groups is 1. The second kappa shape index (κ2) is 12.8. The zero-order chi connectivity index (χ0) is 29.8. The van der Waals surface area contributed by atoms with E-state index in [-0.39, 0.29) is 27.7 Å². The van der Waals surface area contributed by atoms with Crippen molar-refractivity contribution < 1.29 is 28.3 Å². The number of aliphatic hydroxyl groups is 3. The molecule has 212 valence electrons. The molecule has 0 fully saturated rings. The first-order valence-electron chi connectivity index (χ1n) is 11.9. The number of aryl methyl sites for hydroxylation is 1. The van der Waals surface area contributed by atoms with Crippen molar-refractivity contribution in [3.63, 3.8) is 0 Å². The Kier molecular flexibility index (Phi) is 9.98. The molecule has 3 N–H and O–H groups in total. The molecule has 0 aliphatic rings. The number of hydrogen-bond acceptors (Lipinski definition) is 8. The quantitative estimate of drug-likeness (QED) is 0.254. The van der Waals surface area contributed by atoms with Crippen LogP contribution in [0.15, 0.2) is 69.3 Å². The van der Waals surface area contributed by atoms with Gasteiger partial charge in [0.15, 0.2) is 5.83 Å². The molecule has 9 nitrogen and oxygen atoms in total. The number of aromatic nitrogens is 3. The van der Waals surface area contributed by atoms with Crippen molar-refractivity contribution in [3.8, 4) is 0 Å². The van der Waals surface area contributed by atoms with Crippen LogP contribution in [0.1, 0.15) is 48.1 Å². The minimum absolute atomic E-state index is 0.116. The van der Waals surface area contributed by atoms with Crippen molar-refractivity contribution in [2.45, 2.75) is 44.0 Å². The number of pyridine rings is 1. The van der Waals surface area contributed by atoms with Crippen molar-refractivity contribution >= 4 is 34.3 Å². The zero-order valence-corrected chi connectivity index (χ0v) is 23.5. The molecule has 0 amide bonds. The summed E-state index contributed by atoms with van der Waals surface area (Å²) >= 11 is 6.40. The van der Waals surface area contributed by atoms with Gasteiger partial charge in [-0.15, -0.1) is 0 Å². The third-order valence-corrected chi connectivity index (χ3v) is 7.14. The predicted molar refractivity (Wildman–Crippen MR) is 148 cm³/mol. The van der Waals surface area contributed by atoms with E-state index < -0.39 is 51.3 Å². The van der Waals surface area contributed by atoms with Crippen LogP contribution in [0.4, 0.5) is 8.78 Å². The van der Waals surface area contributed by atoms with Crippen LogP contribution >= 0.6 is 11.6 Å². The van der Waals surface area contributed by atoms with Crippen molar-refractivity contribution in [2.75, 3.05) is 6.26 Å². The number of hydrogen-bond donors (Lipinski definition) is 3. The molecular formula is C27H27ClF2N4O5S. The normalized spacial score (nSPS) is 14.6. The molecule has 0 spiro atoms. The summed E-state index contributed by atoms with van der Waals surface area (Å²) in [5.41, 5.74) is -1.11. The second-order valence-electron chi connectivity index (χ2n) is 8.84. The molecular weight excluding hydrogens is 566 g/mol. The van der Waals surface area contributed by atoms with Gasteiger partial charge < -0.3 is 15.3 Å². The van der Waals surface area contributed by atoms with Gasteiger partial charge in [0.2, 0.25) is 0 Å². The van der Waals surface area contributed by atoms with Gasteiger partial charge in [-0.05, 0) is 49.6 Å². The lowest BCUT2D eigenvalue weighted by Crippen LogP contribution is -2.26. The van der Waals surface area contributed by atoms with Crippen molar-refractivity contribution in [3.05, 3.63) is 104 Å². The summed E-state index contributed by atoms with van der Waals surface area (Å²) in [5, 5.41) is 27.9. The number of halogens is 3. The molecule has 2 aromatic heterocycles. The van der Waals surface area contributed by atoms with Crippen LogP contribution < -0.4 is 5.56 Å². The monoisotopic (exact) mass is 592 g/mol. The van der Waals surface area contributed by atoms with E-state index in [2.05, 4.69) is 15.0 Å². The zero-order valence-electron chi connectivity index (χ0n) is 22.0. The van der Waals surface area contributed by atoms with Gasteiger partial charge in [0.05, 0.1) is 21.9 Å². The predicted octanol–water partition coefficient (Wildman–Crippen LogP) is 3.70. The highest BCUT2D eigenvalue weighted by atomic mass is 35.5. The molecule has 40 heavy (non-hydrogen) atoms. The molecule has 2 heterocycles. The number of benzene rings is 1. The Morgan fingerprint density at radius 1 is 1.30 bits per heavy atom. The third-order valence-electron chi connectivity index (χ3n) is 5.82. The van der Waals surface area contributed by atoms with E-state index >= 15 is 8.78 Å². The Labute approximate surface area is 236 Å². The summed E-state index contributed by atoms with van der Waals surface area (Å²) in [6, 6.07) is 6.75. The van der Waals surface area contributed by atoms with E-state index in [4.69, 9.17) is 11.6 Å². The molecule has 0 radical (unpaired) electrons. The molecule has 13 heteroatoms. The molecule has 0 aliphatic carbocycles. The summed E-state index contributed by atoms with van der Waals surface area (Å²) < 4.78 is 43.6. The third kappa shape index (κ3) is 7.01. The molecule has 0 bridgehead atoms. The maximum Gasteiger partial charge on any atom is 0.322 e. The lowest BCUT2D eigenvalue weighted by molar-refractivity contribution is -0.326. The van der Waals surface area contributed by atoms with E-state index in [9.17, 15) is 24.3 Å². The fraction of sp³-hybridized carbons (Fsp3) is 0.259. The Morgan fingerprint density at radius 3 is 2.62 bits per heavy atom. The van der Waals surface area contributed by atoms with Crippen LogP contribution in [0.3, 0.4) is 0 Å². The first kappa shape index (κ1) is 31.1. The van der Waals surface area contributed by atoms with Gasteiger partial charge in [-0.2, -0.15) is 0 Å². The van der Waals surface area contributed by atoms with Gasteiger partial charge in [0.25, 0.3) is 5.56 Å². The van der Waals surface area contributed by atoms with E-state index in [0.717, 1.165) is 16.8 Å². The van der Waals surface area contributed by atoms with Gasteiger partial charge in [-0.1, -0.05) is 30.7 Å². The van der Waals surface area contributed by atoms with Gasteiger partial charge in [0.1, 0.15) is 28.1 Å². The molecule has 3 aromatic rings. The van der Waals surface area contributed by atoms with Crippen LogP contribution in [0.5, 0.6) is 0 Å². The Bertz CT molecular complexity index is 1600. The fourth-order valence-electron chi connectivity index (χ4n) is 3.83. The van der Waals surface area contributed by atoms with Gasteiger partial charge >= 0.3 is 5.97 Å². The topological polar surface area (TPSA) is 138 Å². The minimum Gasteiger partial charge on any atom is -0.338 e. The minimum atomic E-state index is -3.14. The van der Waals surface area contributed by atoms with Crippen LogP contribution in [0.25, 0.3) is 6.20 Å². The van der Waals surface area contributed by atoms with Gasteiger partial charge in [0, 0.05) is 36.3 Å². The number of nitrogens with zero attached hydrogens (tertiary/aromatic N) is 4. The molecule has 0 saturated carbocycles. The Morgan fingerprint density at radius 2 is 2.00 bits per heavy atom. The van der Waals surface area contributed by atoms with E-state index in [1.807, 2.05) is 0 Å². The molecule has 3 rings (SSSR count). The van der Waals surface area contributed by atoms with Crippen molar-refractivity contribution in [2.24, 2.45) is 4.99 Å². The highest BCUT2D eigenvalue weighted by molar-refractivity contribution is 7.84. The van der Waals surface area contributed by atoms with Crippen LogP contribution in [0, 0.1) is 12.7 Å². The standard InChI is InChI=1S/C27H27ClF2N4O5S/c1-5-10-32-25(17-7-6-8-20(24(17)30)40(4)39)19(29)14-34-16(3)13-18(23(28)26(34)35)15(2)12-22-31-11-9-21(33-22)27(36,37)38/h5-11,13-15,36-38H,12H2,1-4H3/b10-5+,19-14-,32-25+. The van der Waals surface area contributed by atoms with Gasteiger partial charge in [-0.3, -0.25) is 18.6 Å². The average molecular weight is 593 g/mol. The van der Waals surface area contributed by atoms with Crippen LogP contribution in [-0.4, -0.2) is 46.0 Å². The van der Waals surface area contributed by atoms with E-state index in [1.54, 1.807) is 26.8 Å². The first-order chi connectivity index (χ1) is 18.8. The van der Waals surface area contributed by atoms with Gasteiger partial charge in [-0.25, -0.2) is 18.7 Å². The highest BCUT2D eigenvalue weighted by Gasteiger charge is 2.25. The summed E-state index contributed by atoms with van der Waals surface area (Å²) in [6.07, 6.45) is 6.28. The molecule has 1 aromatic carbocycles. The average Bonchev–Trinajstić information content (AvgIpc) is 2.89. The summed E-state index contributed by atoms with van der Waals surface area (Å²) in [6.45, 7) is 4.92. The number of allylic oxidation sites excluding steroid dienone is 2. The number of rotatable bonds is 9. The molecule has 2 atom stereocenters. The molecule has 2 unspecified atom stereocenters. The van der Waals surface area contributed by atoms with Crippen molar-refractivity contribution in [1.29, 1.82) is 0 Å². The maximum absolute atomic E-state index is 15.6. The first-order valence-corrected chi connectivity index (χ1v) is 13.8. The molecule has 0 aliphatic heterocycles. The SMILES string of the molecule is C/C=C/N=C(/C(F)=C/n1c(C)cc(C(C)Cc2nccc(C(O)(O)O)n2)c(Cl)c1=O)c1cccc(S(C)=O)c1F. The van der Waals surface area contributed by atoms with Crippen LogP contribution in [0.2, 0.25) is 5.02 Å². The summed E-state index contributed by atoms with van der Waals surface area (Å²) in [4.78, 5) is 25.1. The Balaban J connectivity index is 2.04. The van der Waals surface area contributed by atoms with Crippen molar-refractivity contribution in [1.82, 2.24) is 14.5 Å². The summed E-state index contributed by atoms with van der Waals surface area (Å²) in [5.74, 6) is -5.37. The molecule has 0 saturated heterocycles. The maximum atomic E-state index is 15.6. The fourth-order valence-corrected chi connectivity index (χ4v) is 4.80. The van der Waals surface area contributed by atoms with E-state index in [1.165, 1.54) is 42.9 Å². The lowest BCUT2D eigenvalue weighted by atomic mass is 9.97. The lowest BCUT2D eigenvalue weighted by Gasteiger charge is -2.17. The second-order valence-corrected chi connectivity index (χ2v) is 10.6. The Hall–Kier alpha value is -3.42. The van der Waals surface area contributed by atoms with E-state index in [0.29, 0.717) is 11.3 Å². The smallest absolute Gasteiger partial charge is 0.322 e. The summed E-state index contributed by atoms with van der Waals surface area (Å²) in [7, 11) is -1.67.